The van der Waals surface area contributed by atoms with Crippen molar-refractivity contribution in [3.05, 3.63) is 53.7 Å². The molecule has 0 saturated heterocycles. The maximum absolute atomic E-state index is 6.21. The van der Waals surface area contributed by atoms with Gasteiger partial charge in [0.2, 0.25) is 5.89 Å². The van der Waals surface area contributed by atoms with Crippen molar-refractivity contribution >= 4 is 22.6 Å². The summed E-state index contributed by atoms with van der Waals surface area (Å²) >= 11 is 6.21. The monoisotopic (exact) mass is 338 g/mol. The predicted octanol–water partition coefficient (Wildman–Crippen LogP) is 4.01. The number of aromatic nitrogens is 4. The van der Waals surface area contributed by atoms with Crippen molar-refractivity contribution in [2.75, 3.05) is 7.11 Å². The summed E-state index contributed by atoms with van der Waals surface area (Å²) in [7, 11) is 1.61. The minimum absolute atomic E-state index is 0.221. The number of nitrogens with zero attached hydrogens (tertiary/aromatic N) is 4. The summed E-state index contributed by atoms with van der Waals surface area (Å²) < 4.78 is 10.8. The first-order valence-corrected chi connectivity index (χ1v) is 7.53. The van der Waals surface area contributed by atoms with Gasteiger partial charge in [-0.25, -0.2) is 9.97 Å². The molecule has 0 aliphatic carbocycles. The summed E-state index contributed by atoms with van der Waals surface area (Å²) in [5, 5.41) is 8.31. The van der Waals surface area contributed by atoms with Crippen LogP contribution in [0.3, 0.4) is 0 Å². The molecule has 7 heteroatoms. The van der Waals surface area contributed by atoms with Crippen LogP contribution in [-0.2, 0) is 0 Å². The Hall–Kier alpha value is -2.99. The third-order valence-electron chi connectivity index (χ3n) is 3.49. The zero-order chi connectivity index (χ0) is 16.5. The fourth-order valence-electron chi connectivity index (χ4n) is 2.28. The lowest BCUT2D eigenvalue weighted by atomic mass is 10.2. The van der Waals surface area contributed by atoms with Crippen LogP contribution in [-0.4, -0.2) is 27.3 Å². The molecule has 0 spiro atoms. The van der Waals surface area contributed by atoms with Crippen molar-refractivity contribution in [2.45, 2.75) is 0 Å². The van der Waals surface area contributed by atoms with E-state index in [0.29, 0.717) is 22.6 Å². The van der Waals surface area contributed by atoms with Crippen molar-refractivity contribution < 1.29 is 9.15 Å². The molecule has 0 unspecified atom stereocenters. The molecule has 0 atom stereocenters. The quantitative estimate of drug-likeness (QED) is 0.562. The molecule has 0 amide bonds. The van der Waals surface area contributed by atoms with Crippen molar-refractivity contribution in [1.29, 1.82) is 0 Å². The molecule has 2 aromatic carbocycles. The molecule has 0 N–H and O–H groups in total. The first-order chi connectivity index (χ1) is 11.7. The number of hydrogen-bond donors (Lipinski definition) is 0. The van der Waals surface area contributed by atoms with Crippen LogP contribution in [0, 0.1) is 0 Å². The maximum atomic E-state index is 6.21. The third-order valence-corrected chi connectivity index (χ3v) is 3.76. The summed E-state index contributed by atoms with van der Waals surface area (Å²) in [6, 6.07) is 14.8. The number of benzene rings is 2. The van der Waals surface area contributed by atoms with Crippen molar-refractivity contribution in [2.24, 2.45) is 0 Å². The molecule has 24 heavy (non-hydrogen) atoms. The molecule has 118 valence electrons. The van der Waals surface area contributed by atoms with Crippen LogP contribution >= 0.6 is 11.6 Å². The molecular formula is C17H11ClN4O2. The topological polar surface area (TPSA) is 73.9 Å². The Labute approximate surface area is 142 Å². The highest BCUT2D eigenvalue weighted by Crippen LogP contribution is 2.29. The van der Waals surface area contributed by atoms with E-state index in [1.165, 1.54) is 0 Å². The van der Waals surface area contributed by atoms with Gasteiger partial charge in [0.1, 0.15) is 5.75 Å². The zero-order valence-corrected chi connectivity index (χ0v) is 13.4. The Morgan fingerprint density at radius 1 is 0.875 bits per heavy atom. The minimum atomic E-state index is 0.221. The Kier molecular flexibility index (Phi) is 3.59. The van der Waals surface area contributed by atoms with Crippen molar-refractivity contribution in [3.8, 4) is 28.8 Å². The van der Waals surface area contributed by atoms with Gasteiger partial charge in [-0.2, -0.15) is 0 Å². The molecule has 2 heterocycles. The highest BCUT2D eigenvalue weighted by atomic mass is 35.5. The summed E-state index contributed by atoms with van der Waals surface area (Å²) in [5.74, 6) is 1.35. The SMILES string of the molecule is COc1ccc(-c2nnc(-c3nc4ccccc4nc3Cl)o2)cc1. The summed E-state index contributed by atoms with van der Waals surface area (Å²) in [6.07, 6.45) is 0. The van der Waals surface area contributed by atoms with Crippen LogP contribution in [0.4, 0.5) is 0 Å². The van der Waals surface area contributed by atoms with Gasteiger partial charge in [0.25, 0.3) is 5.89 Å². The van der Waals surface area contributed by atoms with Crippen LogP contribution in [0.2, 0.25) is 5.15 Å². The molecule has 0 radical (unpaired) electrons. The second-order valence-corrected chi connectivity index (χ2v) is 5.35. The average molecular weight is 339 g/mol. The van der Waals surface area contributed by atoms with Gasteiger partial charge in [0.05, 0.1) is 18.1 Å². The van der Waals surface area contributed by atoms with Crippen molar-refractivity contribution in [1.82, 2.24) is 20.2 Å². The lowest BCUT2D eigenvalue weighted by Gasteiger charge is -2.01. The highest BCUT2D eigenvalue weighted by Gasteiger charge is 2.17. The van der Waals surface area contributed by atoms with E-state index in [0.717, 1.165) is 11.3 Å². The Morgan fingerprint density at radius 2 is 1.54 bits per heavy atom. The first kappa shape index (κ1) is 14.6. The number of para-hydroxylation sites is 2. The molecule has 4 rings (SSSR count). The smallest absolute Gasteiger partial charge is 0.269 e. The van der Waals surface area contributed by atoms with E-state index < -0.39 is 0 Å². The van der Waals surface area contributed by atoms with Gasteiger partial charge in [-0.1, -0.05) is 23.7 Å². The molecule has 0 bridgehead atoms. The second kappa shape index (κ2) is 5.90. The standard InChI is InChI=1S/C17H11ClN4O2/c1-23-11-8-6-10(7-9-11)16-21-22-17(24-16)14-15(18)20-13-5-3-2-4-12(13)19-14/h2-9H,1H3. The van der Waals surface area contributed by atoms with E-state index in [-0.39, 0.29) is 11.0 Å². The minimum Gasteiger partial charge on any atom is -0.497 e. The van der Waals surface area contributed by atoms with Crippen LogP contribution in [0.25, 0.3) is 34.1 Å². The van der Waals surface area contributed by atoms with Crippen molar-refractivity contribution in [3.63, 3.8) is 0 Å². The van der Waals surface area contributed by atoms with Gasteiger partial charge in [0, 0.05) is 5.56 Å². The Bertz CT molecular complexity index is 1010. The van der Waals surface area contributed by atoms with E-state index in [9.17, 15) is 0 Å². The first-order valence-electron chi connectivity index (χ1n) is 7.15. The van der Waals surface area contributed by atoms with Crippen LogP contribution < -0.4 is 4.74 Å². The van der Waals surface area contributed by atoms with Gasteiger partial charge in [-0.05, 0) is 36.4 Å². The highest BCUT2D eigenvalue weighted by molar-refractivity contribution is 6.32. The maximum Gasteiger partial charge on any atom is 0.269 e. The van der Waals surface area contributed by atoms with E-state index >= 15 is 0 Å². The Balaban J connectivity index is 1.75. The molecular weight excluding hydrogens is 328 g/mol. The van der Waals surface area contributed by atoms with Gasteiger partial charge in [0.15, 0.2) is 10.8 Å². The third kappa shape index (κ3) is 2.57. The average Bonchev–Trinajstić information content (AvgIpc) is 3.11. The fraction of sp³-hybridized carbons (Fsp3) is 0.0588. The van der Waals surface area contributed by atoms with E-state index in [4.69, 9.17) is 20.8 Å². The summed E-state index contributed by atoms with van der Waals surface area (Å²) in [6.45, 7) is 0. The van der Waals surface area contributed by atoms with Gasteiger partial charge >= 0.3 is 0 Å². The van der Waals surface area contributed by atoms with E-state index in [1.807, 2.05) is 48.5 Å². The Morgan fingerprint density at radius 3 is 2.25 bits per heavy atom. The molecule has 0 fully saturated rings. The van der Waals surface area contributed by atoms with Gasteiger partial charge in [-0.15, -0.1) is 10.2 Å². The number of fused-ring (bicyclic) bond motifs is 1. The fourth-order valence-corrected chi connectivity index (χ4v) is 2.50. The molecule has 0 saturated carbocycles. The molecule has 0 aliphatic rings. The molecule has 4 aromatic rings. The number of hydrogen-bond acceptors (Lipinski definition) is 6. The van der Waals surface area contributed by atoms with Crippen LogP contribution in [0.5, 0.6) is 5.75 Å². The number of halogens is 1. The second-order valence-electron chi connectivity index (χ2n) is 4.99. The normalized spacial score (nSPS) is 10.9. The summed E-state index contributed by atoms with van der Waals surface area (Å²) in [4.78, 5) is 8.78. The van der Waals surface area contributed by atoms with E-state index in [2.05, 4.69) is 20.2 Å². The predicted molar refractivity (Wildman–Crippen MR) is 89.8 cm³/mol. The number of ether oxygens (including phenoxy) is 1. The van der Waals surface area contributed by atoms with Crippen LogP contribution in [0.1, 0.15) is 0 Å². The molecule has 0 aliphatic heterocycles. The lowest BCUT2D eigenvalue weighted by molar-refractivity contribution is 0.415. The number of rotatable bonds is 3. The van der Waals surface area contributed by atoms with Gasteiger partial charge in [-0.3, -0.25) is 0 Å². The molecule has 6 nitrogen and oxygen atoms in total. The van der Waals surface area contributed by atoms with E-state index in [1.54, 1.807) is 7.11 Å². The number of methoxy groups -OCH3 is 1. The lowest BCUT2D eigenvalue weighted by Crippen LogP contribution is -1.91. The zero-order valence-electron chi connectivity index (χ0n) is 12.6. The van der Waals surface area contributed by atoms with Crippen LogP contribution in [0.15, 0.2) is 52.9 Å². The largest absolute Gasteiger partial charge is 0.497 e. The molecule has 2 aromatic heterocycles. The van der Waals surface area contributed by atoms with Gasteiger partial charge < -0.3 is 9.15 Å². The summed E-state index contributed by atoms with van der Waals surface area (Å²) in [5.41, 5.74) is 2.56.